The van der Waals surface area contributed by atoms with Crippen molar-refractivity contribution in [3.05, 3.63) is 54.1 Å². The Morgan fingerprint density at radius 1 is 1.00 bits per heavy atom. The number of sulfonamides is 1. The summed E-state index contributed by atoms with van der Waals surface area (Å²) in [6.07, 6.45) is 1.39. The molecule has 1 aliphatic rings. The number of nitrogens with zero attached hydrogens (tertiary/aromatic N) is 3. The van der Waals surface area contributed by atoms with Crippen molar-refractivity contribution in [1.29, 1.82) is 0 Å². The van der Waals surface area contributed by atoms with Crippen LogP contribution in [-0.2, 0) is 21.4 Å². The summed E-state index contributed by atoms with van der Waals surface area (Å²) in [6, 6.07) is 14.5. The van der Waals surface area contributed by atoms with Gasteiger partial charge in [0.2, 0.25) is 15.9 Å². The van der Waals surface area contributed by atoms with Crippen molar-refractivity contribution in [2.24, 2.45) is 0 Å². The van der Waals surface area contributed by atoms with E-state index in [1.54, 1.807) is 29.2 Å². The number of hydrogen-bond acceptors (Lipinski definition) is 4. The Bertz CT molecular complexity index is 922. The van der Waals surface area contributed by atoms with Crippen LogP contribution < -0.4 is 9.80 Å². The third-order valence-corrected chi connectivity index (χ3v) is 6.96. The Labute approximate surface area is 167 Å². The molecule has 0 aliphatic carbocycles. The van der Waals surface area contributed by atoms with Gasteiger partial charge in [0.05, 0.1) is 4.90 Å². The first-order valence-corrected chi connectivity index (χ1v) is 10.9. The van der Waals surface area contributed by atoms with Gasteiger partial charge >= 0.3 is 0 Å². The third kappa shape index (κ3) is 4.20. The first-order chi connectivity index (χ1) is 13.3. The molecule has 1 fully saturated rings. The maximum absolute atomic E-state index is 13.1. The number of hydrogen-bond donors (Lipinski definition) is 0. The largest absolute Gasteiger partial charge is 0.378 e. The van der Waals surface area contributed by atoms with Gasteiger partial charge in [-0.2, -0.15) is 4.31 Å². The molecule has 0 bridgehead atoms. The maximum Gasteiger partial charge on any atom is 0.243 e. The van der Waals surface area contributed by atoms with E-state index in [0.29, 0.717) is 26.1 Å². The van der Waals surface area contributed by atoms with Gasteiger partial charge in [-0.3, -0.25) is 4.79 Å². The molecule has 150 valence electrons. The summed E-state index contributed by atoms with van der Waals surface area (Å²) in [5.74, 6) is 0.0898. The van der Waals surface area contributed by atoms with E-state index >= 15 is 0 Å². The molecule has 1 aliphatic heterocycles. The van der Waals surface area contributed by atoms with E-state index in [1.165, 1.54) is 4.31 Å². The fourth-order valence-corrected chi connectivity index (χ4v) is 4.78. The van der Waals surface area contributed by atoms with Crippen molar-refractivity contribution in [2.75, 3.05) is 37.0 Å². The molecule has 7 heteroatoms. The van der Waals surface area contributed by atoms with Gasteiger partial charge in [-0.1, -0.05) is 19.1 Å². The highest BCUT2D eigenvalue weighted by molar-refractivity contribution is 7.89. The number of anilines is 2. The molecular weight excluding hydrogens is 374 g/mol. The number of benzene rings is 2. The van der Waals surface area contributed by atoms with Crippen LogP contribution in [0, 0.1) is 0 Å². The van der Waals surface area contributed by atoms with Crippen LogP contribution >= 0.6 is 0 Å². The molecule has 0 spiro atoms. The van der Waals surface area contributed by atoms with Gasteiger partial charge in [0.25, 0.3) is 0 Å². The molecular formula is C21H27N3O3S. The van der Waals surface area contributed by atoms with Crippen LogP contribution in [0.25, 0.3) is 0 Å². The highest BCUT2D eigenvalue weighted by atomic mass is 32.2. The number of amides is 1. The van der Waals surface area contributed by atoms with Crippen LogP contribution in [0.15, 0.2) is 53.4 Å². The summed E-state index contributed by atoms with van der Waals surface area (Å²) >= 11 is 0. The van der Waals surface area contributed by atoms with Gasteiger partial charge in [-0.05, 0) is 48.4 Å². The molecule has 28 heavy (non-hydrogen) atoms. The smallest absolute Gasteiger partial charge is 0.243 e. The van der Waals surface area contributed by atoms with Crippen LogP contribution in [0.3, 0.4) is 0 Å². The Morgan fingerprint density at radius 3 is 2.14 bits per heavy atom. The summed E-state index contributed by atoms with van der Waals surface area (Å²) in [7, 11) is 0.329. The van der Waals surface area contributed by atoms with Crippen LogP contribution in [0.2, 0.25) is 0 Å². The summed E-state index contributed by atoms with van der Waals surface area (Å²) in [5.41, 5.74) is 2.76. The minimum absolute atomic E-state index is 0.0898. The summed E-state index contributed by atoms with van der Waals surface area (Å²) < 4.78 is 27.6. The van der Waals surface area contributed by atoms with Gasteiger partial charge in [-0.15, -0.1) is 0 Å². The Kier molecular flexibility index (Phi) is 6.05. The van der Waals surface area contributed by atoms with Crippen LogP contribution in [0.4, 0.5) is 11.4 Å². The van der Waals surface area contributed by atoms with E-state index in [0.717, 1.165) is 23.4 Å². The highest BCUT2D eigenvalue weighted by Gasteiger charge is 2.25. The quantitative estimate of drug-likeness (QED) is 0.715. The fourth-order valence-electron chi connectivity index (χ4n) is 3.34. The zero-order valence-electron chi connectivity index (χ0n) is 16.6. The highest BCUT2D eigenvalue weighted by Crippen LogP contribution is 2.25. The Morgan fingerprint density at radius 2 is 1.64 bits per heavy atom. The molecule has 2 aromatic rings. The second-order valence-electron chi connectivity index (χ2n) is 7.13. The Hall–Kier alpha value is -2.38. The Balaban J connectivity index is 1.78. The summed E-state index contributed by atoms with van der Waals surface area (Å²) in [6.45, 7) is 3.22. The lowest BCUT2D eigenvalue weighted by molar-refractivity contribution is -0.117. The van der Waals surface area contributed by atoms with Crippen molar-refractivity contribution < 1.29 is 13.2 Å². The average Bonchev–Trinajstić information content (AvgIpc) is 3.12. The van der Waals surface area contributed by atoms with Crippen molar-refractivity contribution in [3.8, 4) is 0 Å². The molecule has 6 nitrogen and oxygen atoms in total. The summed E-state index contributed by atoms with van der Waals surface area (Å²) in [4.78, 5) is 15.8. The van der Waals surface area contributed by atoms with Crippen molar-refractivity contribution in [1.82, 2.24) is 4.31 Å². The normalized spacial score (nSPS) is 14.7. The number of rotatable bonds is 7. The van der Waals surface area contributed by atoms with Gasteiger partial charge in [0, 0.05) is 51.5 Å². The zero-order valence-corrected chi connectivity index (χ0v) is 17.4. The predicted octanol–water partition coefficient (Wildman–Crippen LogP) is 3.09. The molecule has 3 rings (SSSR count). The maximum atomic E-state index is 13.1. The molecule has 0 N–H and O–H groups in total. The van der Waals surface area contributed by atoms with E-state index in [1.807, 2.05) is 50.2 Å². The monoisotopic (exact) mass is 401 g/mol. The number of carbonyl (C=O) groups excluding carboxylic acids is 1. The molecule has 0 saturated carbocycles. The molecule has 0 atom stereocenters. The van der Waals surface area contributed by atoms with E-state index < -0.39 is 10.0 Å². The molecule has 1 heterocycles. The lowest BCUT2D eigenvalue weighted by atomic mass is 10.2. The van der Waals surface area contributed by atoms with Gasteiger partial charge in [0.1, 0.15) is 0 Å². The average molecular weight is 402 g/mol. The second-order valence-corrected chi connectivity index (χ2v) is 9.07. The molecule has 0 aromatic heterocycles. The van der Waals surface area contributed by atoms with E-state index in [-0.39, 0.29) is 10.8 Å². The minimum atomic E-state index is -3.61. The van der Waals surface area contributed by atoms with Crippen molar-refractivity contribution in [2.45, 2.75) is 31.2 Å². The van der Waals surface area contributed by atoms with E-state index in [2.05, 4.69) is 0 Å². The standard InChI is InChI=1S/C21H27N3O3S/c1-4-23(16-17-7-9-18(10-8-17)22(2)3)28(26,27)20-13-11-19(12-14-20)24-15-5-6-21(24)25/h7-14H,4-6,15-16H2,1-3H3. The van der Waals surface area contributed by atoms with Gasteiger partial charge in [-0.25, -0.2) is 8.42 Å². The lowest BCUT2D eigenvalue weighted by Crippen LogP contribution is -2.30. The first-order valence-electron chi connectivity index (χ1n) is 9.50. The first kappa shape index (κ1) is 20.4. The zero-order chi connectivity index (χ0) is 20.3. The molecule has 1 amide bonds. The van der Waals surface area contributed by atoms with E-state index in [9.17, 15) is 13.2 Å². The van der Waals surface area contributed by atoms with Crippen LogP contribution in [0.1, 0.15) is 25.3 Å². The molecule has 0 radical (unpaired) electrons. The third-order valence-electron chi connectivity index (χ3n) is 5.02. The van der Waals surface area contributed by atoms with Crippen molar-refractivity contribution >= 4 is 27.3 Å². The van der Waals surface area contributed by atoms with E-state index in [4.69, 9.17) is 0 Å². The fraction of sp³-hybridized carbons (Fsp3) is 0.381. The lowest BCUT2D eigenvalue weighted by Gasteiger charge is -2.22. The van der Waals surface area contributed by atoms with Gasteiger partial charge < -0.3 is 9.80 Å². The van der Waals surface area contributed by atoms with Crippen LogP contribution in [0.5, 0.6) is 0 Å². The second kappa shape index (κ2) is 8.32. The van der Waals surface area contributed by atoms with Gasteiger partial charge in [0.15, 0.2) is 0 Å². The molecule has 2 aromatic carbocycles. The SMILES string of the molecule is CCN(Cc1ccc(N(C)C)cc1)S(=O)(=O)c1ccc(N2CCCC2=O)cc1. The van der Waals surface area contributed by atoms with Crippen LogP contribution in [-0.4, -0.2) is 45.8 Å². The topological polar surface area (TPSA) is 60.9 Å². The molecule has 0 unspecified atom stereocenters. The minimum Gasteiger partial charge on any atom is -0.378 e. The predicted molar refractivity (Wildman–Crippen MR) is 112 cm³/mol. The van der Waals surface area contributed by atoms with Crippen molar-refractivity contribution in [3.63, 3.8) is 0 Å². The summed E-state index contributed by atoms with van der Waals surface area (Å²) in [5, 5.41) is 0. The number of carbonyl (C=O) groups is 1. The molecule has 1 saturated heterocycles.